The Morgan fingerprint density at radius 1 is 1.39 bits per heavy atom. The summed E-state index contributed by atoms with van der Waals surface area (Å²) in [6.45, 7) is 1.73. The number of likely N-dealkylation sites (tertiary alicyclic amines) is 1. The van der Waals surface area contributed by atoms with Crippen LogP contribution in [-0.2, 0) is 4.79 Å². The lowest BCUT2D eigenvalue weighted by atomic mass is 9.96. The first-order chi connectivity index (χ1) is 11.0. The second-order valence-electron chi connectivity index (χ2n) is 5.86. The van der Waals surface area contributed by atoms with Gasteiger partial charge in [0.05, 0.1) is 0 Å². The molecule has 2 N–H and O–H groups in total. The van der Waals surface area contributed by atoms with Crippen molar-refractivity contribution in [3.63, 3.8) is 0 Å². The number of piperidine rings is 1. The molecule has 7 heteroatoms. The average Bonchev–Trinajstić information content (AvgIpc) is 2.54. The Balaban J connectivity index is 1.69. The van der Waals surface area contributed by atoms with Gasteiger partial charge in [0.25, 0.3) is 0 Å². The number of hydrogen-bond donors (Lipinski definition) is 2. The number of benzene rings is 1. The average molecular weight is 328 g/mol. The Labute approximate surface area is 134 Å². The van der Waals surface area contributed by atoms with Crippen molar-refractivity contribution in [2.75, 3.05) is 33.3 Å². The fourth-order valence-corrected chi connectivity index (χ4v) is 2.45. The van der Waals surface area contributed by atoms with E-state index < -0.39 is 17.7 Å². The number of rotatable bonds is 6. The van der Waals surface area contributed by atoms with Crippen molar-refractivity contribution in [2.24, 2.45) is 5.92 Å². The van der Waals surface area contributed by atoms with Crippen molar-refractivity contribution >= 4 is 5.91 Å². The summed E-state index contributed by atoms with van der Waals surface area (Å²) in [6, 6.07) is 3.15. The second-order valence-corrected chi connectivity index (χ2v) is 5.86. The number of hydrogen-bond acceptors (Lipinski definition) is 4. The minimum Gasteiger partial charge on any atom is -0.491 e. The number of carbonyl (C=O) groups is 1. The maximum Gasteiger partial charge on any atom is 0.223 e. The number of ether oxygens (including phenoxy) is 1. The first-order valence-electron chi connectivity index (χ1n) is 7.68. The smallest absolute Gasteiger partial charge is 0.223 e. The Morgan fingerprint density at radius 2 is 2.09 bits per heavy atom. The highest BCUT2D eigenvalue weighted by Gasteiger charge is 2.23. The number of aliphatic hydroxyl groups excluding tert-OH is 1. The summed E-state index contributed by atoms with van der Waals surface area (Å²) in [7, 11) is 2.02. The molecule has 1 saturated heterocycles. The third-order valence-electron chi connectivity index (χ3n) is 3.93. The van der Waals surface area contributed by atoms with Crippen molar-refractivity contribution in [3.8, 4) is 5.75 Å². The third-order valence-corrected chi connectivity index (χ3v) is 3.93. The van der Waals surface area contributed by atoms with Gasteiger partial charge in [-0.15, -0.1) is 0 Å². The fraction of sp³-hybridized carbons (Fsp3) is 0.562. The minimum atomic E-state index is -1.01. The van der Waals surface area contributed by atoms with E-state index in [0.29, 0.717) is 0 Å². The van der Waals surface area contributed by atoms with Gasteiger partial charge in [0, 0.05) is 18.5 Å². The Hall–Kier alpha value is -1.73. The van der Waals surface area contributed by atoms with E-state index in [2.05, 4.69) is 10.2 Å². The third kappa shape index (κ3) is 5.44. The van der Waals surface area contributed by atoms with Crippen molar-refractivity contribution < 1.29 is 23.4 Å². The summed E-state index contributed by atoms with van der Waals surface area (Å²) in [5.41, 5.74) is 0. The maximum atomic E-state index is 13.0. The Morgan fingerprint density at radius 3 is 2.74 bits per heavy atom. The van der Waals surface area contributed by atoms with E-state index in [0.717, 1.165) is 38.1 Å². The topological polar surface area (TPSA) is 61.8 Å². The van der Waals surface area contributed by atoms with E-state index in [-0.39, 0.29) is 30.7 Å². The minimum absolute atomic E-state index is 0.0227. The molecule has 0 spiro atoms. The van der Waals surface area contributed by atoms with Crippen LogP contribution in [-0.4, -0.2) is 55.3 Å². The molecule has 1 aromatic rings. The molecule has 2 rings (SSSR count). The number of carbonyl (C=O) groups excluding carboxylic acids is 1. The van der Waals surface area contributed by atoms with Crippen LogP contribution in [0.2, 0.25) is 0 Å². The monoisotopic (exact) mass is 328 g/mol. The molecule has 1 aliphatic rings. The number of amides is 1. The molecule has 1 fully saturated rings. The first kappa shape index (κ1) is 17.6. The predicted octanol–water partition coefficient (Wildman–Crippen LogP) is 1.16. The highest BCUT2D eigenvalue weighted by Crippen LogP contribution is 2.16. The molecule has 128 valence electrons. The van der Waals surface area contributed by atoms with Crippen molar-refractivity contribution in [1.29, 1.82) is 0 Å². The molecule has 1 unspecified atom stereocenters. The number of nitrogens with zero attached hydrogens (tertiary/aromatic N) is 1. The van der Waals surface area contributed by atoms with Gasteiger partial charge in [0.15, 0.2) is 11.6 Å². The molecule has 1 atom stereocenters. The van der Waals surface area contributed by atoms with Gasteiger partial charge >= 0.3 is 0 Å². The molecule has 0 aliphatic carbocycles. The largest absolute Gasteiger partial charge is 0.491 e. The summed E-state index contributed by atoms with van der Waals surface area (Å²) in [4.78, 5) is 14.2. The summed E-state index contributed by atoms with van der Waals surface area (Å²) >= 11 is 0. The summed E-state index contributed by atoms with van der Waals surface area (Å²) in [6.07, 6.45) is 0.700. The molecule has 23 heavy (non-hydrogen) atoms. The van der Waals surface area contributed by atoms with E-state index in [4.69, 9.17) is 4.74 Å². The van der Waals surface area contributed by atoms with Gasteiger partial charge in [0.2, 0.25) is 5.91 Å². The summed E-state index contributed by atoms with van der Waals surface area (Å²) in [5.74, 6) is -1.92. The molecule has 1 amide bonds. The van der Waals surface area contributed by atoms with Crippen molar-refractivity contribution in [1.82, 2.24) is 10.2 Å². The zero-order valence-corrected chi connectivity index (χ0v) is 13.1. The van der Waals surface area contributed by atoms with Crippen LogP contribution in [0.1, 0.15) is 12.8 Å². The molecule has 1 heterocycles. The zero-order chi connectivity index (χ0) is 16.8. The quantitative estimate of drug-likeness (QED) is 0.823. The summed E-state index contributed by atoms with van der Waals surface area (Å²) < 4.78 is 31.0. The van der Waals surface area contributed by atoms with Crippen LogP contribution < -0.4 is 10.1 Å². The van der Waals surface area contributed by atoms with Crippen molar-refractivity contribution in [3.05, 3.63) is 29.8 Å². The lowest BCUT2D eigenvalue weighted by Crippen LogP contribution is -2.42. The fourth-order valence-electron chi connectivity index (χ4n) is 2.45. The van der Waals surface area contributed by atoms with Gasteiger partial charge in [-0.25, -0.2) is 8.78 Å². The van der Waals surface area contributed by atoms with Gasteiger partial charge in [-0.1, -0.05) is 0 Å². The molecule has 0 radical (unpaired) electrons. The standard InChI is InChI=1S/C16H22F2N2O3/c1-20-6-4-11(5-7-20)16(22)19-9-12(21)10-23-13-2-3-14(17)15(18)8-13/h2-3,8,11-12,21H,4-7,9-10H2,1H3,(H,19,22). The van der Waals surface area contributed by atoms with Crippen LogP contribution in [0, 0.1) is 17.6 Å². The molecule has 1 aliphatic heterocycles. The van der Waals surface area contributed by atoms with Gasteiger partial charge in [-0.05, 0) is 45.1 Å². The van der Waals surface area contributed by atoms with Gasteiger partial charge in [-0.3, -0.25) is 4.79 Å². The Kier molecular flexibility index (Phi) is 6.29. The molecule has 0 bridgehead atoms. The molecule has 1 aromatic carbocycles. The number of nitrogens with one attached hydrogen (secondary N) is 1. The van der Waals surface area contributed by atoms with Gasteiger partial charge in [-0.2, -0.15) is 0 Å². The van der Waals surface area contributed by atoms with Crippen LogP contribution >= 0.6 is 0 Å². The normalized spacial score (nSPS) is 17.7. The second kappa shape index (κ2) is 8.21. The van der Waals surface area contributed by atoms with Crippen LogP contribution in [0.5, 0.6) is 5.75 Å². The number of aliphatic hydroxyl groups is 1. The highest BCUT2D eigenvalue weighted by molar-refractivity contribution is 5.78. The SMILES string of the molecule is CN1CCC(C(=O)NCC(O)COc2ccc(F)c(F)c2)CC1. The van der Waals surface area contributed by atoms with Crippen LogP contribution in [0.15, 0.2) is 18.2 Å². The molecule has 0 aromatic heterocycles. The summed E-state index contributed by atoms with van der Waals surface area (Å²) in [5, 5.41) is 12.5. The van der Waals surface area contributed by atoms with Crippen LogP contribution in [0.4, 0.5) is 8.78 Å². The maximum absolute atomic E-state index is 13.0. The molecule has 0 saturated carbocycles. The molecule has 5 nitrogen and oxygen atoms in total. The van der Waals surface area contributed by atoms with Crippen LogP contribution in [0.25, 0.3) is 0 Å². The first-order valence-corrected chi connectivity index (χ1v) is 7.68. The van der Waals surface area contributed by atoms with Crippen molar-refractivity contribution in [2.45, 2.75) is 18.9 Å². The van der Waals surface area contributed by atoms with E-state index >= 15 is 0 Å². The number of halogens is 2. The predicted molar refractivity (Wildman–Crippen MR) is 81.1 cm³/mol. The van der Waals surface area contributed by atoms with E-state index in [1.165, 1.54) is 6.07 Å². The molecular formula is C16H22F2N2O3. The highest BCUT2D eigenvalue weighted by atomic mass is 19.2. The van der Waals surface area contributed by atoms with Gasteiger partial charge in [0.1, 0.15) is 18.5 Å². The van der Waals surface area contributed by atoms with E-state index in [1.807, 2.05) is 7.05 Å². The van der Waals surface area contributed by atoms with E-state index in [9.17, 15) is 18.7 Å². The van der Waals surface area contributed by atoms with Gasteiger partial charge < -0.3 is 20.1 Å². The van der Waals surface area contributed by atoms with E-state index in [1.54, 1.807) is 0 Å². The lowest BCUT2D eigenvalue weighted by Gasteiger charge is -2.28. The van der Waals surface area contributed by atoms with Crippen LogP contribution in [0.3, 0.4) is 0 Å². The molecular weight excluding hydrogens is 306 g/mol. The Bertz CT molecular complexity index is 534. The lowest BCUT2D eigenvalue weighted by molar-refractivity contribution is -0.126. The zero-order valence-electron chi connectivity index (χ0n) is 13.1.